The Balaban J connectivity index is 2.04. The highest BCUT2D eigenvalue weighted by atomic mass is 79.9. The Morgan fingerprint density at radius 1 is 1.52 bits per heavy atom. The Hall–Kier alpha value is -1.47. The van der Waals surface area contributed by atoms with Crippen molar-refractivity contribution >= 4 is 27.8 Å². The molecule has 114 valence electrons. The lowest BCUT2D eigenvalue weighted by Crippen LogP contribution is -2.46. The number of hydrogen-bond donors (Lipinski definition) is 0. The van der Waals surface area contributed by atoms with Gasteiger partial charge in [-0.1, -0.05) is 0 Å². The molecule has 7 heteroatoms. The molecule has 1 aromatic rings. The van der Waals surface area contributed by atoms with E-state index in [0.717, 1.165) is 0 Å². The van der Waals surface area contributed by atoms with Gasteiger partial charge in [0, 0.05) is 18.7 Å². The van der Waals surface area contributed by atoms with Crippen molar-refractivity contribution in [2.75, 3.05) is 26.8 Å². The maximum atomic E-state index is 13.2. The van der Waals surface area contributed by atoms with E-state index in [9.17, 15) is 14.0 Å². The lowest BCUT2D eigenvalue weighted by molar-refractivity contribution is -0.145. The van der Waals surface area contributed by atoms with Crippen LogP contribution in [0, 0.1) is 5.82 Å². The number of ether oxygens (including phenoxy) is 2. The fourth-order valence-corrected chi connectivity index (χ4v) is 2.49. The number of nitrogens with zero attached hydrogens (tertiary/aromatic N) is 1. The van der Waals surface area contributed by atoms with Gasteiger partial charge in [0.25, 0.3) is 5.91 Å². The Bertz CT molecular complexity index is 552. The Morgan fingerprint density at radius 2 is 2.29 bits per heavy atom. The number of amides is 1. The minimum Gasteiger partial charge on any atom is -0.469 e. The molecule has 0 bridgehead atoms. The zero-order chi connectivity index (χ0) is 15.4. The summed E-state index contributed by atoms with van der Waals surface area (Å²) in [4.78, 5) is 25.2. The zero-order valence-electron chi connectivity index (χ0n) is 11.5. The molecule has 1 aliphatic rings. The van der Waals surface area contributed by atoms with E-state index < -0.39 is 5.82 Å². The van der Waals surface area contributed by atoms with Crippen LogP contribution in [0.5, 0.6) is 0 Å². The standard InChI is InChI=1S/C14H15BrFNO4/c1-20-13(18)7-10-8-17(4-5-21-10)14(19)9-2-3-12(16)11(15)6-9/h2-3,6,10H,4-5,7-8H2,1H3. The molecule has 0 saturated carbocycles. The number of hydrogen-bond acceptors (Lipinski definition) is 4. The normalized spacial score (nSPS) is 18.4. The summed E-state index contributed by atoms with van der Waals surface area (Å²) in [5.41, 5.74) is 0.391. The monoisotopic (exact) mass is 359 g/mol. The Labute approximate surface area is 130 Å². The van der Waals surface area contributed by atoms with Crippen molar-refractivity contribution in [3.8, 4) is 0 Å². The Morgan fingerprint density at radius 3 is 2.95 bits per heavy atom. The summed E-state index contributed by atoms with van der Waals surface area (Å²) in [5, 5.41) is 0. The van der Waals surface area contributed by atoms with Crippen LogP contribution in [0.1, 0.15) is 16.8 Å². The molecule has 2 rings (SSSR count). The molecule has 1 aliphatic heterocycles. The van der Waals surface area contributed by atoms with Gasteiger partial charge in [-0.25, -0.2) is 4.39 Å². The summed E-state index contributed by atoms with van der Waals surface area (Å²) in [6, 6.07) is 4.12. The van der Waals surface area contributed by atoms with E-state index in [4.69, 9.17) is 4.74 Å². The summed E-state index contributed by atoms with van der Waals surface area (Å²) in [6.07, 6.45) is -0.271. The second-order valence-electron chi connectivity index (χ2n) is 4.65. The van der Waals surface area contributed by atoms with Crippen LogP contribution in [0.25, 0.3) is 0 Å². The third-order valence-corrected chi connectivity index (χ3v) is 3.82. The fourth-order valence-electron chi connectivity index (χ4n) is 2.11. The first-order valence-electron chi connectivity index (χ1n) is 6.44. The first-order chi connectivity index (χ1) is 10.0. The van der Waals surface area contributed by atoms with E-state index in [1.54, 1.807) is 4.90 Å². The quantitative estimate of drug-likeness (QED) is 0.774. The molecule has 1 amide bonds. The van der Waals surface area contributed by atoms with Gasteiger partial charge in [0.2, 0.25) is 0 Å². The van der Waals surface area contributed by atoms with E-state index in [1.165, 1.54) is 25.3 Å². The number of carbonyl (C=O) groups excluding carboxylic acids is 2. The van der Waals surface area contributed by atoms with E-state index in [2.05, 4.69) is 20.7 Å². The zero-order valence-corrected chi connectivity index (χ0v) is 13.1. The summed E-state index contributed by atoms with van der Waals surface area (Å²) in [6.45, 7) is 1.10. The minimum absolute atomic E-state index is 0.105. The van der Waals surface area contributed by atoms with Crippen LogP contribution in [0.3, 0.4) is 0 Å². The smallest absolute Gasteiger partial charge is 0.308 e. The van der Waals surface area contributed by atoms with E-state index in [-0.39, 0.29) is 28.9 Å². The van der Waals surface area contributed by atoms with Crippen molar-refractivity contribution in [1.82, 2.24) is 4.90 Å². The fraction of sp³-hybridized carbons (Fsp3) is 0.429. The largest absolute Gasteiger partial charge is 0.469 e. The van der Waals surface area contributed by atoms with Crippen LogP contribution in [-0.4, -0.2) is 49.7 Å². The number of methoxy groups -OCH3 is 1. The minimum atomic E-state index is -0.419. The first-order valence-corrected chi connectivity index (χ1v) is 7.23. The first kappa shape index (κ1) is 15.9. The number of morpholine rings is 1. The number of esters is 1. The maximum Gasteiger partial charge on any atom is 0.308 e. The summed E-state index contributed by atoms with van der Waals surface area (Å²) >= 11 is 3.06. The molecule has 1 saturated heterocycles. The van der Waals surface area contributed by atoms with Gasteiger partial charge in [-0.05, 0) is 34.1 Å². The van der Waals surface area contributed by atoms with Gasteiger partial charge < -0.3 is 14.4 Å². The lowest BCUT2D eigenvalue weighted by atomic mass is 10.1. The van der Waals surface area contributed by atoms with Crippen molar-refractivity contribution in [3.05, 3.63) is 34.1 Å². The number of rotatable bonds is 3. The topological polar surface area (TPSA) is 55.8 Å². The van der Waals surface area contributed by atoms with Gasteiger partial charge in [-0.15, -0.1) is 0 Å². The Kier molecular flexibility index (Phi) is 5.30. The van der Waals surface area contributed by atoms with Gasteiger partial charge in [0.05, 0.1) is 30.7 Å². The molecular formula is C14H15BrFNO4. The van der Waals surface area contributed by atoms with Crippen molar-refractivity contribution in [2.24, 2.45) is 0 Å². The molecule has 21 heavy (non-hydrogen) atoms. The molecule has 1 heterocycles. The van der Waals surface area contributed by atoms with Crippen molar-refractivity contribution in [2.45, 2.75) is 12.5 Å². The van der Waals surface area contributed by atoms with Crippen molar-refractivity contribution in [3.63, 3.8) is 0 Å². The van der Waals surface area contributed by atoms with Crippen LogP contribution in [0.4, 0.5) is 4.39 Å². The van der Waals surface area contributed by atoms with Gasteiger partial charge >= 0.3 is 5.97 Å². The SMILES string of the molecule is COC(=O)CC1CN(C(=O)c2ccc(F)c(Br)c2)CCO1. The van der Waals surface area contributed by atoms with Crippen LogP contribution in [-0.2, 0) is 14.3 Å². The average Bonchev–Trinajstić information content (AvgIpc) is 2.49. The second-order valence-corrected chi connectivity index (χ2v) is 5.51. The third-order valence-electron chi connectivity index (χ3n) is 3.21. The second kappa shape index (κ2) is 7.00. The molecule has 1 fully saturated rings. The van der Waals surface area contributed by atoms with E-state index >= 15 is 0 Å². The molecule has 1 atom stereocenters. The van der Waals surface area contributed by atoms with Crippen LogP contribution in [0.2, 0.25) is 0 Å². The molecule has 0 aliphatic carbocycles. The predicted octanol–water partition coefficient (Wildman–Crippen LogP) is 1.99. The molecule has 5 nitrogen and oxygen atoms in total. The highest BCUT2D eigenvalue weighted by Gasteiger charge is 2.27. The third kappa shape index (κ3) is 4.01. The molecule has 0 spiro atoms. The summed E-state index contributed by atoms with van der Waals surface area (Å²) < 4.78 is 23.5. The molecule has 1 aromatic carbocycles. The maximum absolute atomic E-state index is 13.2. The van der Waals surface area contributed by atoms with Gasteiger partial charge in [0.15, 0.2) is 0 Å². The molecule has 0 N–H and O–H groups in total. The number of halogens is 2. The number of benzene rings is 1. The van der Waals surface area contributed by atoms with Gasteiger partial charge in [0.1, 0.15) is 5.82 Å². The molecular weight excluding hydrogens is 345 g/mol. The highest BCUT2D eigenvalue weighted by molar-refractivity contribution is 9.10. The van der Waals surface area contributed by atoms with Crippen LogP contribution < -0.4 is 0 Å². The predicted molar refractivity (Wildman–Crippen MR) is 76.4 cm³/mol. The molecule has 0 radical (unpaired) electrons. The summed E-state index contributed by atoms with van der Waals surface area (Å²) in [5.74, 6) is -1.01. The highest BCUT2D eigenvalue weighted by Crippen LogP contribution is 2.19. The van der Waals surface area contributed by atoms with Crippen LogP contribution in [0.15, 0.2) is 22.7 Å². The van der Waals surface area contributed by atoms with E-state index in [1.807, 2.05) is 0 Å². The van der Waals surface area contributed by atoms with Crippen molar-refractivity contribution in [1.29, 1.82) is 0 Å². The molecule has 0 aromatic heterocycles. The van der Waals surface area contributed by atoms with E-state index in [0.29, 0.717) is 25.3 Å². The van der Waals surface area contributed by atoms with Gasteiger partial charge in [-0.2, -0.15) is 0 Å². The number of carbonyl (C=O) groups is 2. The molecule has 1 unspecified atom stereocenters. The lowest BCUT2D eigenvalue weighted by Gasteiger charge is -2.32. The van der Waals surface area contributed by atoms with Crippen LogP contribution >= 0.6 is 15.9 Å². The van der Waals surface area contributed by atoms with Crippen molar-refractivity contribution < 1.29 is 23.5 Å². The van der Waals surface area contributed by atoms with Gasteiger partial charge in [-0.3, -0.25) is 9.59 Å². The average molecular weight is 360 g/mol. The summed E-state index contributed by atoms with van der Waals surface area (Å²) in [7, 11) is 1.31.